The van der Waals surface area contributed by atoms with E-state index >= 15 is 0 Å². The molecule has 0 aromatic carbocycles. The first kappa shape index (κ1) is 7.38. The fourth-order valence-corrected chi connectivity index (χ4v) is 1.41. The van der Waals surface area contributed by atoms with Crippen molar-refractivity contribution in [3.8, 4) is 0 Å². The molecule has 0 spiro atoms. The van der Waals surface area contributed by atoms with E-state index in [4.69, 9.17) is 9.47 Å². The molecule has 0 bridgehead atoms. The molecule has 0 aliphatic carbocycles. The van der Waals surface area contributed by atoms with E-state index in [-0.39, 0.29) is 0 Å². The average molecular weight is 148 g/mol. The Bertz CT molecular complexity index is 71.5. The second-order valence-corrected chi connectivity index (χ2v) is 3.26. The lowest BCUT2D eigenvalue weighted by molar-refractivity contribution is 0.0525. The summed E-state index contributed by atoms with van der Waals surface area (Å²) in [5, 5.41) is 0. The Kier molecular flexibility index (Phi) is 3.40. The zero-order chi connectivity index (χ0) is 6.53. The van der Waals surface area contributed by atoms with Crippen molar-refractivity contribution in [2.24, 2.45) is 0 Å². The summed E-state index contributed by atoms with van der Waals surface area (Å²) in [6, 6.07) is 0. The summed E-state index contributed by atoms with van der Waals surface area (Å²) in [4.78, 5) is 0. The molecule has 1 saturated heterocycles. The Morgan fingerprint density at radius 2 is 2.56 bits per heavy atom. The molecule has 1 atom stereocenters. The molecule has 54 valence electrons. The first-order valence-corrected chi connectivity index (χ1v) is 4.36. The Labute approximate surface area is 59.9 Å². The van der Waals surface area contributed by atoms with Gasteiger partial charge < -0.3 is 9.47 Å². The highest BCUT2D eigenvalue weighted by molar-refractivity contribution is 7.99. The minimum absolute atomic E-state index is 0.356. The average Bonchev–Trinajstić information content (AvgIpc) is 2.34. The van der Waals surface area contributed by atoms with Crippen molar-refractivity contribution >= 4 is 11.8 Å². The smallest absolute Gasteiger partial charge is 0.147 e. The maximum absolute atomic E-state index is 5.21. The molecule has 1 aliphatic heterocycles. The van der Waals surface area contributed by atoms with Crippen LogP contribution in [0.4, 0.5) is 0 Å². The van der Waals surface area contributed by atoms with E-state index in [9.17, 15) is 0 Å². The zero-order valence-electron chi connectivity index (χ0n) is 5.63. The number of hydrogen-bond acceptors (Lipinski definition) is 3. The van der Waals surface area contributed by atoms with Crippen LogP contribution in [0, 0.1) is 0 Å². The van der Waals surface area contributed by atoms with Crippen LogP contribution in [0.15, 0.2) is 0 Å². The van der Waals surface area contributed by atoms with Crippen molar-refractivity contribution in [2.75, 3.05) is 24.9 Å². The molecule has 1 unspecified atom stereocenters. The van der Waals surface area contributed by atoms with E-state index in [1.54, 1.807) is 0 Å². The van der Waals surface area contributed by atoms with Gasteiger partial charge in [-0.05, 0) is 5.75 Å². The molecule has 9 heavy (non-hydrogen) atoms. The molecule has 0 saturated carbocycles. The Morgan fingerprint density at radius 1 is 1.67 bits per heavy atom. The summed E-state index contributed by atoms with van der Waals surface area (Å²) in [7, 11) is 0. The summed E-state index contributed by atoms with van der Waals surface area (Å²) in [5.41, 5.74) is 0. The molecular weight excluding hydrogens is 136 g/mol. The van der Waals surface area contributed by atoms with Gasteiger partial charge in [0.1, 0.15) is 6.79 Å². The molecule has 0 N–H and O–H groups in total. The molecule has 0 radical (unpaired) electrons. The topological polar surface area (TPSA) is 18.5 Å². The van der Waals surface area contributed by atoms with Crippen molar-refractivity contribution in [1.29, 1.82) is 0 Å². The second-order valence-electron chi connectivity index (χ2n) is 1.94. The van der Waals surface area contributed by atoms with E-state index < -0.39 is 0 Å². The Balaban J connectivity index is 1.98. The highest BCUT2D eigenvalue weighted by atomic mass is 32.2. The van der Waals surface area contributed by atoms with Crippen LogP contribution in [0.2, 0.25) is 0 Å². The van der Waals surface area contributed by atoms with Gasteiger partial charge in [-0.1, -0.05) is 6.92 Å². The number of hydrogen-bond donors (Lipinski definition) is 0. The normalized spacial score (nSPS) is 27.0. The van der Waals surface area contributed by atoms with Gasteiger partial charge in [0.15, 0.2) is 0 Å². The molecule has 0 aromatic rings. The highest BCUT2D eigenvalue weighted by Gasteiger charge is 2.14. The summed E-state index contributed by atoms with van der Waals surface area (Å²) in [6.07, 6.45) is 0.356. The monoisotopic (exact) mass is 148 g/mol. The van der Waals surface area contributed by atoms with Gasteiger partial charge in [-0.3, -0.25) is 0 Å². The third-order valence-corrected chi connectivity index (χ3v) is 2.21. The molecule has 1 aliphatic rings. The van der Waals surface area contributed by atoms with Crippen molar-refractivity contribution < 1.29 is 9.47 Å². The maximum atomic E-state index is 5.21. The third kappa shape index (κ3) is 2.56. The van der Waals surface area contributed by atoms with Crippen LogP contribution in [0.1, 0.15) is 6.92 Å². The van der Waals surface area contributed by atoms with Crippen LogP contribution in [0.3, 0.4) is 0 Å². The largest absolute Gasteiger partial charge is 0.353 e. The summed E-state index contributed by atoms with van der Waals surface area (Å²) >= 11 is 1.90. The van der Waals surface area contributed by atoms with Gasteiger partial charge in [0.25, 0.3) is 0 Å². The summed E-state index contributed by atoms with van der Waals surface area (Å²) < 4.78 is 10.2. The van der Waals surface area contributed by atoms with Gasteiger partial charge in [-0.25, -0.2) is 0 Å². The van der Waals surface area contributed by atoms with Crippen LogP contribution < -0.4 is 0 Å². The predicted octanol–water partition coefficient (Wildman–Crippen LogP) is 1.11. The standard InChI is InChI=1S/C6H12O2S/c1-2-9-4-6-3-7-5-8-6/h6H,2-5H2,1H3. The van der Waals surface area contributed by atoms with Crippen LogP contribution in [0.25, 0.3) is 0 Å². The number of thioether (sulfide) groups is 1. The molecule has 3 heteroatoms. The van der Waals surface area contributed by atoms with Crippen molar-refractivity contribution in [3.05, 3.63) is 0 Å². The quantitative estimate of drug-likeness (QED) is 0.597. The van der Waals surface area contributed by atoms with E-state index in [1.807, 2.05) is 11.8 Å². The number of rotatable bonds is 3. The van der Waals surface area contributed by atoms with Crippen LogP contribution in [-0.4, -0.2) is 31.0 Å². The Hall–Kier alpha value is 0.270. The zero-order valence-corrected chi connectivity index (χ0v) is 6.45. The lowest BCUT2D eigenvalue weighted by Crippen LogP contribution is -2.12. The maximum Gasteiger partial charge on any atom is 0.147 e. The second kappa shape index (κ2) is 4.14. The lowest BCUT2D eigenvalue weighted by atomic mass is 10.4. The molecular formula is C6H12O2S. The van der Waals surface area contributed by atoms with Crippen molar-refractivity contribution in [1.82, 2.24) is 0 Å². The minimum Gasteiger partial charge on any atom is -0.353 e. The summed E-state index contributed by atoms with van der Waals surface area (Å²) in [6.45, 7) is 3.43. The van der Waals surface area contributed by atoms with Crippen LogP contribution in [-0.2, 0) is 9.47 Å². The van der Waals surface area contributed by atoms with Gasteiger partial charge in [0, 0.05) is 5.75 Å². The van der Waals surface area contributed by atoms with Gasteiger partial charge in [0.2, 0.25) is 0 Å². The van der Waals surface area contributed by atoms with Crippen molar-refractivity contribution in [3.63, 3.8) is 0 Å². The Morgan fingerprint density at radius 3 is 3.11 bits per heavy atom. The van der Waals surface area contributed by atoms with Crippen LogP contribution in [0.5, 0.6) is 0 Å². The third-order valence-electron chi connectivity index (χ3n) is 1.20. The van der Waals surface area contributed by atoms with E-state index in [0.29, 0.717) is 12.9 Å². The fraction of sp³-hybridized carbons (Fsp3) is 1.00. The molecule has 2 nitrogen and oxygen atoms in total. The SMILES string of the molecule is CCSCC1COCO1. The first-order valence-electron chi connectivity index (χ1n) is 3.20. The molecule has 1 rings (SSSR count). The van der Waals surface area contributed by atoms with E-state index in [0.717, 1.165) is 12.4 Å². The highest BCUT2D eigenvalue weighted by Crippen LogP contribution is 2.09. The summed E-state index contributed by atoms with van der Waals surface area (Å²) in [5.74, 6) is 2.25. The minimum atomic E-state index is 0.356. The molecule has 1 fully saturated rings. The van der Waals surface area contributed by atoms with Gasteiger partial charge >= 0.3 is 0 Å². The van der Waals surface area contributed by atoms with Crippen LogP contribution >= 0.6 is 11.8 Å². The lowest BCUT2D eigenvalue weighted by Gasteiger charge is -2.03. The molecule has 0 amide bonds. The van der Waals surface area contributed by atoms with E-state index in [2.05, 4.69) is 6.92 Å². The molecule has 0 aromatic heterocycles. The van der Waals surface area contributed by atoms with Gasteiger partial charge in [-0.2, -0.15) is 11.8 Å². The van der Waals surface area contributed by atoms with E-state index in [1.165, 1.54) is 5.75 Å². The van der Waals surface area contributed by atoms with Gasteiger partial charge in [-0.15, -0.1) is 0 Å². The number of ether oxygens (including phenoxy) is 2. The predicted molar refractivity (Wildman–Crippen MR) is 38.7 cm³/mol. The van der Waals surface area contributed by atoms with Gasteiger partial charge in [0.05, 0.1) is 12.7 Å². The molecule has 1 heterocycles. The fourth-order valence-electron chi connectivity index (χ4n) is 0.718. The first-order chi connectivity index (χ1) is 4.43. The van der Waals surface area contributed by atoms with Crippen molar-refractivity contribution in [2.45, 2.75) is 13.0 Å².